The number of likely N-dealkylation sites (N-methyl/N-ethyl adjacent to an activating group) is 1. The van der Waals surface area contributed by atoms with E-state index < -0.39 is 0 Å². The van der Waals surface area contributed by atoms with Crippen LogP contribution in [0.2, 0.25) is 5.02 Å². The fourth-order valence-corrected chi connectivity index (χ4v) is 4.43. The van der Waals surface area contributed by atoms with Gasteiger partial charge in [0.1, 0.15) is 0 Å². The maximum atomic E-state index is 6.49. The third-order valence-corrected chi connectivity index (χ3v) is 5.78. The summed E-state index contributed by atoms with van der Waals surface area (Å²) < 4.78 is 0. The van der Waals surface area contributed by atoms with Crippen LogP contribution >= 0.6 is 22.9 Å². The maximum Gasteiger partial charge on any atom is 0.0577 e. The van der Waals surface area contributed by atoms with Crippen molar-refractivity contribution in [3.8, 4) is 0 Å². The fraction of sp³-hybridized carbons (Fsp3) is 0.375. The Balaban J connectivity index is 2.10. The zero-order valence-corrected chi connectivity index (χ0v) is 12.9. The highest BCUT2D eigenvalue weighted by atomic mass is 35.5. The quantitative estimate of drug-likeness (QED) is 0.756. The molecular weight excluding hydrogens is 274 g/mol. The second kappa shape index (κ2) is 5.28. The molecule has 3 heteroatoms. The first-order valence-electron chi connectivity index (χ1n) is 6.68. The van der Waals surface area contributed by atoms with Gasteiger partial charge in [0.2, 0.25) is 0 Å². The summed E-state index contributed by atoms with van der Waals surface area (Å²) >= 11 is 8.37. The Hall–Kier alpha value is -0.830. The van der Waals surface area contributed by atoms with E-state index in [1.165, 1.54) is 20.9 Å². The summed E-state index contributed by atoms with van der Waals surface area (Å²) in [4.78, 5) is 5.14. The molecule has 0 amide bonds. The molecule has 0 N–H and O–H groups in total. The molecule has 3 rings (SSSR count). The van der Waals surface area contributed by atoms with Crippen molar-refractivity contribution >= 4 is 22.9 Å². The first-order chi connectivity index (χ1) is 9.16. The van der Waals surface area contributed by atoms with Crippen LogP contribution in [0.3, 0.4) is 0 Å². The molecule has 0 radical (unpaired) electrons. The van der Waals surface area contributed by atoms with Crippen molar-refractivity contribution in [2.24, 2.45) is 0 Å². The van der Waals surface area contributed by atoms with Crippen LogP contribution in [0.4, 0.5) is 0 Å². The molecule has 2 aromatic rings. The van der Waals surface area contributed by atoms with Crippen molar-refractivity contribution in [3.63, 3.8) is 0 Å². The van der Waals surface area contributed by atoms with Crippen LogP contribution in [0.5, 0.6) is 0 Å². The van der Waals surface area contributed by atoms with Crippen molar-refractivity contribution < 1.29 is 0 Å². The first-order valence-corrected chi connectivity index (χ1v) is 7.87. The Morgan fingerprint density at radius 2 is 2.00 bits per heavy atom. The lowest BCUT2D eigenvalue weighted by Gasteiger charge is -2.20. The summed E-state index contributed by atoms with van der Waals surface area (Å²) in [5.41, 5.74) is 2.78. The largest absolute Gasteiger partial charge is 0.305 e. The number of thiophene rings is 1. The molecule has 0 bridgehead atoms. The summed E-state index contributed by atoms with van der Waals surface area (Å²) in [5.74, 6) is 0.458. The van der Waals surface area contributed by atoms with Gasteiger partial charge in [-0.05, 0) is 31.5 Å². The van der Waals surface area contributed by atoms with E-state index in [4.69, 9.17) is 11.6 Å². The van der Waals surface area contributed by atoms with Crippen LogP contribution in [-0.2, 0) is 6.42 Å². The third-order valence-electron chi connectivity index (χ3n) is 3.89. The van der Waals surface area contributed by atoms with Gasteiger partial charge >= 0.3 is 0 Å². The van der Waals surface area contributed by atoms with E-state index in [2.05, 4.69) is 49.2 Å². The van der Waals surface area contributed by atoms with Crippen molar-refractivity contribution in [3.05, 3.63) is 56.2 Å². The molecule has 0 fully saturated rings. The average molecular weight is 292 g/mol. The molecule has 1 aliphatic heterocycles. The summed E-state index contributed by atoms with van der Waals surface area (Å²) in [7, 11) is 2.20. The Kier molecular flexibility index (Phi) is 3.66. The molecule has 1 atom stereocenters. The number of hydrogen-bond acceptors (Lipinski definition) is 2. The third kappa shape index (κ3) is 2.45. The summed E-state index contributed by atoms with van der Waals surface area (Å²) in [6.07, 6.45) is 1.07. The Labute approximate surface area is 123 Å². The summed E-state index contributed by atoms with van der Waals surface area (Å²) in [5, 5.41) is 0.997. The van der Waals surface area contributed by atoms with E-state index in [0.29, 0.717) is 5.92 Å². The van der Waals surface area contributed by atoms with Crippen LogP contribution < -0.4 is 0 Å². The zero-order chi connectivity index (χ0) is 13.4. The van der Waals surface area contributed by atoms with Crippen molar-refractivity contribution in [2.75, 3.05) is 20.1 Å². The average Bonchev–Trinajstić information content (AvgIpc) is 2.60. The second-order valence-electron chi connectivity index (χ2n) is 5.29. The van der Waals surface area contributed by atoms with Crippen molar-refractivity contribution in [1.82, 2.24) is 4.90 Å². The van der Waals surface area contributed by atoms with E-state index in [-0.39, 0.29) is 0 Å². The number of benzene rings is 1. The number of hydrogen-bond donors (Lipinski definition) is 0. The Morgan fingerprint density at radius 3 is 2.74 bits per heavy atom. The van der Waals surface area contributed by atoms with E-state index in [1.54, 1.807) is 0 Å². The van der Waals surface area contributed by atoms with Gasteiger partial charge in [-0.1, -0.05) is 41.9 Å². The molecule has 1 aromatic carbocycles. The number of fused-ring (bicyclic) bond motifs is 1. The van der Waals surface area contributed by atoms with Crippen LogP contribution in [-0.4, -0.2) is 25.0 Å². The minimum atomic E-state index is 0.458. The molecular formula is C16H18ClNS. The van der Waals surface area contributed by atoms with Gasteiger partial charge in [-0.25, -0.2) is 0 Å². The van der Waals surface area contributed by atoms with Crippen LogP contribution in [0.1, 0.15) is 26.8 Å². The molecule has 19 heavy (non-hydrogen) atoms. The number of nitrogens with zero attached hydrogens (tertiary/aromatic N) is 1. The second-order valence-corrected chi connectivity index (χ2v) is 6.92. The smallest absolute Gasteiger partial charge is 0.0577 e. The van der Waals surface area contributed by atoms with Gasteiger partial charge in [0.25, 0.3) is 0 Å². The van der Waals surface area contributed by atoms with Gasteiger partial charge in [0.05, 0.1) is 5.02 Å². The minimum Gasteiger partial charge on any atom is -0.305 e. The number of aryl methyl sites for hydroxylation is 1. The van der Waals surface area contributed by atoms with E-state index >= 15 is 0 Å². The molecule has 1 aliphatic rings. The van der Waals surface area contributed by atoms with Gasteiger partial charge in [-0.15, -0.1) is 11.3 Å². The molecule has 1 aromatic heterocycles. The number of halogens is 1. The summed E-state index contributed by atoms with van der Waals surface area (Å²) in [6.45, 7) is 4.30. The minimum absolute atomic E-state index is 0.458. The monoisotopic (exact) mass is 291 g/mol. The fourth-order valence-electron chi connectivity index (χ4n) is 2.84. The predicted molar refractivity (Wildman–Crippen MR) is 83.6 cm³/mol. The first kappa shape index (κ1) is 13.2. The lowest BCUT2D eigenvalue weighted by molar-refractivity contribution is 0.338. The molecule has 0 spiro atoms. The number of rotatable bonds is 1. The summed E-state index contributed by atoms with van der Waals surface area (Å²) in [6, 6.07) is 10.8. The molecule has 2 heterocycles. The van der Waals surface area contributed by atoms with Crippen LogP contribution in [0.15, 0.2) is 30.3 Å². The molecule has 1 nitrogen and oxygen atoms in total. The topological polar surface area (TPSA) is 3.24 Å². The van der Waals surface area contributed by atoms with Gasteiger partial charge in [0, 0.05) is 28.8 Å². The molecule has 0 aliphatic carbocycles. The highest BCUT2D eigenvalue weighted by molar-refractivity contribution is 7.12. The highest BCUT2D eigenvalue weighted by Crippen LogP contribution is 2.41. The maximum absolute atomic E-state index is 6.49. The lowest BCUT2D eigenvalue weighted by Crippen LogP contribution is -2.24. The van der Waals surface area contributed by atoms with E-state index in [0.717, 1.165) is 24.5 Å². The van der Waals surface area contributed by atoms with Gasteiger partial charge in [-0.3, -0.25) is 0 Å². The SMILES string of the molecule is Cc1sc2c(c1Cl)CCN(C)CC2c1ccccc1. The Bertz CT molecular complexity index is 576. The molecule has 100 valence electrons. The van der Waals surface area contributed by atoms with Crippen LogP contribution in [0.25, 0.3) is 0 Å². The molecule has 0 saturated carbocycles. The lowest BCUT2D eigenvalue weighted by atomic mass is 9.95. The standard InChI is InChI=1S/C16H18ClNS/c1-11-15(17)13-8-9-18(2)10-14(16(13)19-11)12-6-4-3-5-7-12/h3-7,14H,8-10H2,1-2H3. The normalized spacial score (nSPS) is 20.1. The van der Waals surface area contributed by atoms with Gasteiger partial charge in [-0.2, -0.15) is 0 Å². The van der Waals surface area contributed by atoms with Crippen molar-refractivity contribution in [1.29, 1.82) is 0 Å². The van der Waals surface area contributed by atoms with E-state index in [9.17, 15) is 0 Å². The van der Waals surface area contributed by atoms with Crippen molar-refractivity contribution in [2.45, 2.75) is 19.3 Å². The predicted octanol–water partition coefficient (Wildman–Crippen LogP) is 4.33. The van der Waals surface area contributed by atoms with E-state index in [1.807, 2.05) is 11.3 Å². The molecule has 0 saturated heterocycles. The molecule has 1 unspecified atom stereocenters. The van der Waals surface area contributed by atoms with Gasteiger partial charge < -0.3 is 4.90 Å². The Morgan fingerprint density at radius 1 is 1.26 bits per heavy atom. The van der Waals surface area contributed by atoms with Gasteiger partial charge in [0.15, 0.2) is 0 Å². The zero-order valence-electron chi connectivity index (χ0n) is 11.3. The highest BCUT2D eigenvalue weighted by Gasteiger charge is 2.27. The van der Waals surface area contributed by atoms with Crippen LogP contribution in [0, 0.1) is 6.92 Å².